The van der Waals surface area contributed by atoms with Crippen LogP contribution >= 0.6 is 0 Å². The number of carboxylic acids is 2. The van der Waals surface area contributed by atoms with Gasteiger partial charge in [0.05, 0.1) is 5.92 Å². The van der Waals surface area contributed by atoms with Crippen molar-refractivity contribution in [2.45, 2.75) is 194 Å². The largest absolute Gasteiger partial charge is 0.481 e. The highest BCUT2D eigenvalue weighted by Crippen LogP contribution is 2.15. The van der Waals surface area contributed by atoms with E-state index in [0.29, 0.717) is 6.42 Å². The molecule has 0 amide bonds. The van der Waals surface area contributed by atoms with E-state index >= 15 is 0 Å². The van der Waals surface area contributed by atoms with Gasteiger partial charge in [-0.3, -0.25) is 9.59 Å². The van der Waals surface area contributed by atoms with Crippen molar-refractivity contribution in [2.24, 2.45) is 5.92 Å². The van der Waals surface area contributed by atoms with E-state index in [2.05, 4.69) is 13.8 Å². The van der Waals surface area contributed by atoms with Crippen LogP contribution in [0.25, 0.3) is 0 Å². The van der Waals surface area contributed by atoms with Crippen LogP contribution in [0.15, 0.2) is 0 Å². The maximum Gasteiger partial charge on any atom is 0.306 e. The van der Waals surface area contributed by atoms with Crippen LogP contribution in [-0.2, 0) is 9.59 Å². The molecule has 0 bridgehead atoms. The molecule has 4 nitrogen and oxygen atoms in total. The van der Waals surface area contributed by atoms with Crippen molar-refractivity contribution in [3.05, 3.63) is 0 Å². The number of hydrogen-bond donors (Lipinski definition) is 2. The minimum Gasteiger partial charge on any atom is -0.481 e. The lowest BCUT2D eigenvalue weighted by Gasteiger charge is -2.05. The summed E-state index contributed by atoms with van der Waals surface area (Å²) in [6.07, 6.45) is 34.1. The molecule has 1 unspecified atom stereocenters. The molecule has 4 heteroatoms. The van der Waals surface area contributed by atoms with Gasteiger partial charge < -0.3 is 10.2 Å². The van der Waals surface area contributed by atoms with Crippen LogP contribution in [0.3, 0.4) is 0 Å². The summed E-state index contributed by atoms with van der Waals surface area (Å²) in [5.74, 6) is -1.47. The van der Waals surface area contributed by atoms with E-state index in [4.69, 9.17) is 10.2 Å². The lowest BCUT2D eigenvalue weighted by molar-refractivity contribution is -0.141. The van der Waals surface area contributed by atoms with E-state index in [-0.39, 0.29) is 5.92 Å². The van der Waals surface area contributed by atoms with Gasteiger partial charge in [0.2, 0.25) is 0 Å². The molecule has 0 saturated carbocycles. The Morgan fingerprint density at radius 2 is 0.730 bits per heavy atom. The molecule has 0 spiro atoms. The Kier molecular flexibility index (Phi) is 33.9. The van der Waals surface area contributed by atoms with Crippen molar-refractivity contribution in [1.29, 1.82) is 0 Å². The van der Waals surface area contributed by atoms with Gasteiger partial charge in [-0.05, 0) is 12.8 Å². The highest BCUT2D eigenvalue weighted by molar-refractivity contribution is 5.69. The maximum atomic E-state index is 10.6. The van der Waals surface area contributed by atoms with Gasteiger partial charge in [0.25, 0.3) is 0 Å². The summed E-state index contributed by atoms with van der Waals surface area (Å²) in [5.41, 5.74) is 0. The number of unbranched alkanes of at least 4 members (excludes halogenated alkanes) is 23. The molecular weight excluding hydrogens is 460 g/mol. The monoisotopic (exact) mass is 526 g/mol. The molecule has 222 valence electrons. The van der Waals surface area contributed by atoms with Crippen LogP contribution in [0.5, 0.6) is 0 Å². The fourth-order valence-electron chi connectivity index (χ4n) is 4.71. The summed E-state index contributed by atoms with van der Waals surface area (Å²) in [5, 5.41) is 17.2. The summed E-state index contributed by atoms with van der Waals surface area (Å²) >= 11 is 0. The Hall–Kier alpha value is -1.06. The predicted octanol–water partition coefficient (Wildman–Crippen LogP) is 11.4. The van der Waals surface area contributed by atoms with Gasteiger partial charge >= 0.3 is 11.9 Å². The molecule has 0 fully saturated rings. The van der Waals surface area contributed by atoms with Crippen LogP contribution in [0, 0.1) is 5.92 Å². The molecule has 0 aromatic heterocycles. The third-order valence-corrected chi connectivity index (χ3v) is 7.41. The molecular formula is C33H66O4. The first-order chi connectivity index (χ1) is 18.0. The van der Waals surface area contributed by atoms with Gasteiger partial charge in [0.1, 0.15) is 0 Å². The molecule has 0 saturated heterocycles. The van der Waals surface area contributed by atoms with Gasteiger partial charge in [0, 0.05) is 6.42 Å². The van der Waals surface area contributed by atoms with E-state index < -0.39 is 11.9 Å². The van der Waals surface area contributed by atoms with Crippen molar-refractivity contribution in [3.63, 3.8) is 0 Å². The minimum absolute atomic E-state index is 0.164. The second kappa shape index (κ2) is 33.0. The van der Waals surface area contributed by atoms with Gasteiger partial charge in [-0.15, -0.1) is 0 Å². The number of rotatable bonds is 28. The Morgan fingerprint density at radius 1 is 0.459 bits per heavy atom. The van der Waals surface area contributed by atoms with E-state index in [1.807, 2.05) is 0 Å². The average Bonchev–Trinajstić information content (AvgIpc) is 2.87. The lowest BCUT2D eigenvalue weighted by atomic mass is 10.0. The highest BCUT2D eigenvalue weighted by atomic mass is 16.4. The normalized spacial score (nSPS) is 11.6. The molecule has 0 aliphatic rings. The van der Waals surface area contributed by atoms with Gasteiger partial charge in [-0.25, -0.2) is 0 Å². The molecule has 0 aliphatic carbocycles. The average molecular weight is 527 g/mol. The second-order valence-corrected chi connectivity index (χ2v) is 11.3. The first kappa shape index (κ1) is 38.1. The molecule has 0 aromatic rings. The zero-order valence-electron chi connectivity index (χ0n) is 25.4. The smallest absolute Gasteiger partial charge is 0.306 e. The van der Waals surface area contributed by atoms with Crippen molar-refractivity contribution in [3.8, 4) is 0 Å². The summed E-state index contributed by atoms with van der Waals surface area (Å²) in [6.45, 7) is 6.33. The number of aliphatic carboxylic acids is 2. The number of hydrogen-bond acceptors (Lipinski definition) is 2. The number of carbonyl (C=O) groups is 2. The molecule has 2 N–H and O–H groups in total. The lowest BCUT2D eigenvalue weighted by Crippen LogP contribution is -2.08. The first-order valence-electron chi connectivity index (χ1n) is 16.4. The Labute approximate surface area is 231 Å². The third kappa shape index (κ3) is 37.2. The zero-order valence-corrected chi connectivity index (χ0v) is 25.4. The molecule has 37 heavy (non-hydrogen) atoms. The van der Waals surface area contributed by atoms with Crippen LogP contribution in [0.2, 0.25) is 0 Å². The van der Waals surface area contributed by atoms with E-state index in [1.54, 1.807) is 6.92 Å². The van der Waals surface area contributed by atoms with Crippen LogP contribution in [-0.4, -0.2) is 22.2 Å². The van der Waals surface area contributed by atoms with E-state index in [9.17, 15) is 9.59 Å². The summed E-state index contributed by atoms with van der Waals surface area (Å²) in [7, 11) is 0. The third-order valence-electron chi connectivity index (χ3n) is 7.41. The van der Waals surface area contributed by atoms with Crippen LogP contribution in [0.1, 0.15) is 194 Å². The maximum absolute atomic E-state index is 10.6. The predicted molar refractivity (Wildman–Crippen MR) is 160 cm³/mol. The molecule has 0 radical (unpaired) electrons. The first-order valence-corrected chi connectivity index (χ1v) is 16.4. The van der Waals surface area contributed by atoms with Crippen molar-refractivity contribution in [2.75, 3.05) is 0 Å². The van der Waals surface area contributed by atoms with Crippen LogP contribution < -0.4 is 0 Å². The standard InChI is InChI=1S/C17H34O2.C16H32O2/c1-3-4-5-6-7-8-9-10-11-12-13-14-15-16(2)17(18)19;1-2-3-4-5-6-7-8-9-10-11-12-13-14-15-16(17)18/h16H,3-15H2,1-2H3,(H,18,19);2-15H2,1H3,(H,17,18). The quantitative estimate of drug-likeness (QED) is 0.0994. The number of carboxylic acid groups (broad SMARTS) is 2. The van der Waals surface area contributed by atoms with Crippen LogP contribution in [0.4, 0.5) is 0 Å². The second-order valence-electron chi connectivity index (χ2n) is 11.3. The highest BCUT2D eigenvalue weighted by Gasteiger charge is 2.09. The zero-order chi connectivity index (χ0) is 27.8. The van der Waals surface area contributed by atoms with Crippen molar-refractivity contribution < 1.29 is 19.8 Å². The minimum atomic E-state index is -0.655. The summed E-state index contributed by atoms with van der Waals surface area (Å²) in [6, 6.07) is 0. The van der Waals surface area contributed by atoms with E-state index in [0.717, 1.165) is 25.7 Å². The Balaban J connectivity index is 0. The summed E-state index contributed by atoms with van der Waals surface area (Å²) < 4.78 is 0. The molecule has 1 atom stereocenters. The van der Waals surface area contributed by atoms with Gasteiger partial charge in [-0.2, -0.15) is 0 Å². The van der Waals surface area contributed by atoms with E-state index in [1.165, 1.54) is 141 Å². The SMILES string of the molecule is CCCCCCCCCCCCCCC(C)C(=O)O.CCCCCCCCCCCCCCCC(=O)O. The fraction of sp³-hybridized carbons (Fsp3) is 0.939. The van der Waals surface area contributed by atoms with Gasteiger partial charge in [-0.1, -0.05) is 175 Å². The molecule has 0 aliphatic heterocycles. The van der Waals surface area contributed by atoms with Crippen molar-refractivity contribution in [1.82, 2.24) is 0 Å². The molecule has 0 rings (SSSR count). The van der Waals surface area contributed by atoms with Gasteiger partial charge in [0.15, 0.2) is 0 Å². The Bertz CT molecular complexity index is 463. The Morgan fingerprint density at radius 3 is 1.00 bits per heavy atom. The fourth-order valence-corrected chi connectivity index (χ4v) is 4.71. The molecule has 0 heterocycles. The topological polar surface area (TPSA) is 74.6 Å². The molecule has 0 aromatic carbocycles. The van der Waals surface area contributed by atoms with Crippen molar-refractivity contribution >= 4 is 11.9 Å². The summed E-state index contributed by atoms with van der Waals surface area (Å²) in [4.78, 5) is 20.9.